The molecule has 0 spiro atoms. The van der Waals surface area contributed by atoms with Crippen LogP contribution in [0.2, 0.25) is 0 Å². The summed E-state index contributed by atoms with van der Waals surface area (Å²) < 4.78 is 5.91. The molecule has 7 nitrogen and oxygen atoms in total. The third-order valence-electron chi connectivity index (χ3n) is 4.81. The first-order valence-electron chi connectivity index (χ1n) is 9.59. The highest BCUT2D eigenvalue weighted by atomic mass is 32.2. The second-order valence-corrected chi connectivity index (χ2v) is 8.99. The standard InChI is InChI=1S/C22H21NO6S2/c1-12(2)13-3-5-14(6-4-13)17-9-7-15(29-17)11-18-20(26)23(22(30)31-18)16(21(27)28)8-10-19(24)25/h3-7,9,11-12,16H,8,10H2,1-2H3,(H,24,25)(H,27,28). The average molecular weight is 460 g/mol. The van der Waals surface area contributed by atoms with Gasteiger partial charge in [0.2, 0.25) is 0 Å². The molecule has 0 bridgehead atoms. The number of carbonyl (C=O) groups is 3. The van der Waals surface area contributed by atoms with E-state index < -0.39 is 23.9 Å². The van der Waals surface area contributed by atoms with Crippen LogP contribution in [-0.4, -0.2) is 43.3 Å². The molecule has 1 unspecified atom stereocenters. The largest absolute Gasteiger partial charge is 0.481 e. The van der Waals surface area contributed by atoms with Crippen LogP contribution >= 0.6 is 24.0 Å². The van der Waals surface area contributed by atoms with Crippen molar-refractivity contribution < 1.29 is 29.0 Å². The van der Waals surface area contributed by atoms with Crippen molar-refractivity contribution in [1.29, 1.82) is 0 Å². The molecule has 2 heterocycles. The molecule has 162 valence electrons. The monoisotopic (exact) mass is 459 g/mol. The van der Waals surface area contributed by atoms with Gasteiger partial charge in [0.25, 0.3) is 5.91 Å². The van der Waals surface area contributed by atoms with Crippen LogP contribution in [-0.2, 0) is 14.4 Å². The lowest BCUT2D eigenvalue weighted by molar-refractivity contribution is -0.146. The van der Waals surface area contributed by atoms with Crippen molar-refractivity contribution >= 4 is 52.2 Å². The summed E-state index contributed by atoms with van der Waals surface area (Å²) in [4.78, 5) is 36.4. The third-order valence-corrected chi connectivity index (χ3v) is 6.14. The summed E-state index contributed by atoms with van der Waals surface area (Å²) in [6, 6.07) is 10.2. The van der Waals surface area contributed by atoms with Crippen molar-refractivity contribution in [2.24, 2.45) is 0 Å². The minimum atomic E-state index is -1.33. The lowest BCUT2D eigenvalue weighted by Crippen LogP contribution is -2.44. The average Bonchev–Trinajstić information content (AvgIpc) is 3.28. The fraction of sp³-hybridized carbons (Fsp3) is 0.273. The van der Waals surface area contributed by atoms with E-state index in [-0.39, 0.29) is 22.1 Å². The number of carboxylic acids is 2. The third kappa shape index (κ3) is 5.23. The van der Waals surface area contributed by atoms with E-state index in [0.29, 0.717) is 17.4 Å². The molecular formula is C22H21NO6S2. The van der Waals surface area contributed by atoms with Gasteiger partial charge in [-0.1, -0.05) is 62.1 Å². The Kier molecular flexibility index (Phi) is 6.97. The number of carbonyl (C=O) groups excluding carboxylic acids is 1. The van der Waals surface area contributed by atoms with Crippen LogP contribution in [0.4, 0.5) is 0 Å². The van der Waals surface area contributed by atoms with E-state index in [1.165, 1.54) is 11.6 Å². The topological polar surface area (TPSA) is 108 Å². The molecular weight excluding hydrogens is 438 g/mol. The van der Waals surface area contributed by atoms with Gasteiger partial charge in [-0.2, -0.15) is 0 Å². The first-order valence-corrected chi connectivity index (χ1v) is 10.8. The zero-order valence-electron chi connectivity index (χ0n) is 16.9. The van der Waals surface area contributed by atoms with Gasteiger partial charge in [-0.05, 0) is 30.0 Å². The van der Waals surface area contributed by atoms with E-state index in [1.807, 2.05) is 24.3 Å². The van der Waals surface area contributed by atoms with E-state index in [0.717, 1.165) is 22.2 Å². The van der Waals surface area contributed by atoms with Gasteiger partial charge in [0.05, 0.1) is 4.91 Å². The van der Waals surface area contributed by atoms with Gasteiger partial charge in [-0.25, -0.2) is 4.79 Å². The van der Waals surface area contributed by atoms with Crippen LogP contribution in [0.15, 0.2) is 45.7 Å². The van der Waals surface area contributed by atoms with Crippen molar-refractivity contribution in [2.75, 3.05) is 0 Å². The number of furan rings is 1. The summed E-state index contributed by atoms with van der Waals surface area (Å²) in [6.45, 7) is 4.24. The fourth-order valence-corrected chi connectivity index (χ4v) is 4.46. The van der Waals surface area contributed by atoms with Crippen LogP contribution in [0.25, 0.3) is 17.4 Å². The Balaban J connectivity index is 1.80. The summed E-state index contributed by atoms with van der Waals surface area (Å²) >= 11 is 6.15. The van der Waals surface area contributed by atoms with E-state index >= 15 is 0 Å². The molecule has 1 aliphatic heterocycles. The summed E-state index contributed by atoms with van der Waals surface area (Å²) in [5.41, 5.74) is 2.12. The van der Waals surface area contributed by atoms with Crippen molar-refractivity contribution in [3.63, 3.8) is 0 Å². The number of amides is 1. The molecule has 2 aromatic rings. The van der Waals surface area contributed by atoms with E-state index in [1.54, 1.807) is 12.1 Å². The molecule has 2 N–H and O–H groups in total. The maximum Gasteiger partial charge on any atom is 0.326 e. The molecule has 9 heteroatoms. The van der Waals surface area contributed by atoms with Gasteiger partial charge < -0.3 is 14.6 Å². The van der Waals surface area contributed by atoms with Gasteiger partial charge in [0.1, 0.15) is 21.9 Å². The van der Waals surface area contributed by atoms with E-state index in [2.05, 4.69) is 13.8 Å². The van der Waals surface area contributed by atoms with Crippen molar-refractivity contribution in [3.8, 4) is 11.3 Å². The van der Waals surface area contributed by atoms with Crippen LogP contribution in [0.3, 0.4) is 0 Å². The van der Waals surface area contributed by atoms with Gasteiger partial charge in [-0.3, -0.25) is 14.5 Å². The number of nitrogens with zero attached hydrogens (tertiary/aromatic N) is 1. The quantitative estimate of drug-likeness (QED) is 0.436. The zero-order chi connectivity index (χ0) is 22.7. The van der Waals surface area contributed by atoms with Crippen LogP contribution in [0, 0.1) is 0 Å². The number of thioether (sulfide) groups is 1. The number of thiocarbonyl (C=S) groups is 1. The summed E-state index contributed by atoms with van der Waals surface area (Å²) in [5.74, 6) is -1.52. The van der Waals surface area contributed by atoms with Crippen LogP contribution in [0.1, 0.15) is 43.9 Å². The molecule has 1 amide bonds. The maximum atomic E-state index is 12.8. The lowest BCUT2D eigenvalue weighted by Gasteiger charge is -2.22. The molecule has 1 saturated heterocycles. The Morgan fingerprint density at radius 1 is 1.16 bits per heavy atom. The van der Waals surface area contributed by atoms with Gasteiger partial charge in [0, 0.05) is 18.1 Å². The maximum absolute atomic E-state index is 12.8. The Labute approximate surface area is 188 Å². The zero-order valence-corrected chi connectivity index (χ0v) is 18.5. The number of carboxylic acid groups (broad SMARTS) is 2. The minimum absolute atomic E-state index is 0.0742. The molecule has 1 aromatic carbocycles. The first-order chi connectivity index (χ1) is 14.7. The highest BCUT2D eigenvalue weighted by Gasteiger charge is 2.40. The Morgan fingerprint density at radius 3 is 2.42 bits per heavy atom. The molecule has 1 fully saturated rings. The van der Waals surface area contributed by atoms with Crippen LogP contribution < -0.4 is 0 Å². The van der Waals surface area contributed by atoms with Gasteiger partial charge >= 0.3 is 11.9 Å². The predicted octanol–water partition coefficient (Wildman–Crippen LogP) is 4.59. The number of aliphatic carboxylic acids is 2. The molecule has 3 rings (SSSR count). The molecule has 0 aliphatic carbocycles. The SMILES string of the molecule is CC(C)c1ccc(-c2ccc(C=C3SC(=S)N(C(CCC(=O)O)C(=O)O)C3=O)o2)cc1. The highest BCUT2D eigenvalue weighted by Crippen LogP contribution is 2.35. The molecule has 0 saturated carbocycles. The number of benzene rings is 1. The minimum Gasteiger partial charge on any atom is -0.481 e. The summed E-state index contributed by atoms with van der Waals surface area (Å²) in [7, 11) is 0. The summed E-state index contributed by atoms with van der Waals surface area (Å²) in [5, 5.41) is 18.3. The number of rotatable bonds is 8. The smallest absolute Gasteiger partial charge is 0.326 e. The fourth-order valence-electron chi connectivity index (χ4n) is 3.12. The molecule has 1 aromatic heterocycles. The lowest BCUT2D eigenvalue weighted by atomic mass is 10.0. The molecule has 1 atom stereocenters. The molecule has 0 radical (unpaired) electrons. The van der Waals surface area contributed by atoms with Crippen molar-refractivity contribution in [1.82, 2.24) is 4.90 Å². The second kappa shape index (κ2) is 9.49. The Morgan fingerprint density at radius 2 is 1.84 bits per heavy atom. The normalized spacial score (nSPS) is 16.4. The predicted molar refractivity (Wildman–Crippen MR) is 122 cm³/mol. The highest BCUT2D eigenvalue weighted by molar-refractivity contribution is 8.26. The van der Waals surface area contributed by atoms with Crippen LogP contribution in [0.5, 0.6) is 0 Å². The second-order valence-electron chi connectivity index (χ2n) is 7.32. The summed E-state index contributed by atoms with van der Waals surface area (Å²) in [6.07, 6.45) is 0.896. The number of hydrogen-bond donors (Lipinski definition) is 2. The van der Waals surface area contributed by atoms with Gasteiger partial charge in [-0.15, -0.1) is 0 Å². The first kappa shape index (κ1) is 22.8. The van der Waals surface area contributed by atoms with Crippen molar-refractivity contribution in [2.45, 2.75) is 38.6 Å². The van der Waals surface area contributed by atoms with Crippen molar-refractivity contribution in [3.05, 3.63) is 52.6 Å². The number of hydrogen-bond acceptors (Lipinski definition) is 6. The molecule has 1 aliphatic rings. The van der Waals surface area contributed by atoms with E-state index in [4.69, 9.17) is 21.7 Å². The molecule has 31 heavy (non-hydrogen) atoms. The Hall–Kier alpha value is -2.91. The van der Waals surface area contributed by atoms with Gasteiger partial charge in [0.15, 0.2) is 0 Å². The van der Waals surface area contributed by atoms with E-state index in [9.17, 15) is 19.5 Å². The Bertz CT molecular complexity index is 1050.